The summed E-state index contributed by atoms with van der Waals surface area (Å²) < 4.78 is 0. The molecule has 0 aliphatic heterocycles. The fourth-order valence-corrected chi connectivity index (χ4v) is 10.4. The number of hydrogen-bond donors (Lipinski definition) is 2. The largest absolute Gasteiger partial charge is 0.354 e. The summed E-state index contributed by atoms with van der Waals surface area (Å²) in [5, 5.41) is 6.14. The van der Waals surface area contributed by atoms with Crippen LogP contribution in [0.25, 0.3) is 0 Å². The molecule has 0 aromatic heterocycles. The Morgan fingerprint density at radius 3 is 0.914 bits per heavy atom. The molecule has 0 aromatic rings. The third kappa shape index (κ3) is 45.0. The van der Waals surface area contributed by atoms with E-state index in [-0.39, 0.29) is 17.7 Å². The fourth-order valence-electron chi connectivity index (χ4n) is 7.04. The highest BCUT2D eigenvalue weighted by atomic mass is 32.2. The van der Waals surface area contributed by atoms with Gasteiger partial charge in [0.05, 0.1) is 0 Å². The van der Waals surface area contributed by atoms with E-state index in [2.05, 4.69) is 66.7 Å². The Bertz CT molecular complexity index is 833. The van der Waals surface area contributed by atoms with Crippen LogP contribution in [0.1, 0.15) is 233 Å². The quantitative estimate of drug-likeness (QED) is 0.0593. The van der Waals surface area contributed by atoms with Crippen molar-refractivity contribution in [2.75, 3.05) is 60.7 Å². The third-order valence-corrected chi connectivity index (χ3v) is 14.5. The van der Waals surface area contributed by atoms with E-state index in [1.165, 1.54) is 189 Å². The molecule has 0 heterocycles. The molecule has 0 rings (SSSR count). The number of thioether (sulfide) groups is 3. The van der Waals surface area contributed by atoms with Crippen molar-refractivity contribution in [2.24, 2.45) is 0 Å². The first-order chi connectivity index (χ1) is 28.5. The van der Waals surface area contributed by atoms with E-state index < -0.39 is 0 Å². The second-order valence-electron chi connectivity index (χ2n) is 16.7. The summed E-state index contributed by atoms with van der Waals surface area (Å²) in [6, 6.07) is 0. The minimum absolute atomic E-state index is 0.0911. The molecule has 0 aliphatic carbocycles. The first-order valence-corrected chi connectivity index (χ1v) is 28.6. The van der Waals surface area contributed by atoms with Crippen molar-refractivity contribution in [1.29, 1.82) is 0 Å². The van der Waals surface area contributed by atoms with Crippen molar-refractivity contribution in [3.63, 3.8) is 0 Å². The number of hydrogen-bond acceptors (Lipinski definition) is 6. The normalized spacial score (nSPS) is 11.3. The molecule has 0 fully saturated rings. The van der Waals surface area contributed by atoms with Gasteiger partial charge in [-0.2, -0.15) is 35.3 Å². The second-order valence-corrected chi connectivity index (χ2v) is 20.4. The fraction of sp³-hybridized carbons (Fsp3) is 0.939. The molecule has 6 nitrogen and oxygen atoms in total. The molecule has 0 bridgehead atoms. The molecule has 9 heteroatoms. The number of amides is 3. The van der Waals surface area contributed by atoms with Crippen LogP contribution in [0.3, 0.4) is 0 Å². The van der Waals surface area contributed by atoms with Gasteiger partial charge in [-0.1, -0.05) is 156 Å². The van der Waals surface area contributed by atoms with Crippen molar-refractivity contribution in [2.45, 2.75) is 233 Å². The lowest BCUT2D eigenvalue weighted by molar-refractivity contribution is -0.132. The Morgan fingerprint density at radius 2 is 0.603 bits per heavy atom. The summed E-state index contributed by atoms with van der Waals surface area (Å²) in [7, 11) is 0. The Labute approximate surface area is 374 Å². The molecular weight excluding hydrogens is 775 g/mol. The highest BCUT2D eigenvalue weighted by Gasteiger charge is 2.14. The minimum Gasteiger partial charge on any atom is -0.354 e. The number of carbonyl (C=O) groups excluding carboxylic acids is 3. The standard InChI is InChI=1S/C49H97N3O3S3/c1-4-7-41-56-44-31-25-19-13-10-16-22-28-34-47(53)50-37-39-52(49(55)36-30-24-18-12-15-21-27-33-46-58-43-9-6-3)40-38-51-48(54)35-29-23-17-11-14-20-26-32-45-57-42-8-5-2/h4-46H2,1-3H3,(H,50,53)(H,51,54). The minimum atomic E-state index is 0.0911. The van der Waals surface area contributed by atoms with Crippen molar-refractivity contribution >= 4 is 53.0 Å². The van der Waals surface area contributed by atoms with E-state index in [0.717, 1.165) is 38.5 Å². The van der Waals surface area contributed by atoms with Crippen LogP contribution in [-0.2, 0) is 14.4 Å². The topological polar surface area (TPSA) is 78.5 Å². The van der Waals surface area contributed by atoms with Gasteiger partial charge in [0.15, 0.2) is 0 Å². The van der Waals surface area contributed by atoms with E-state index >= 15 is 0 Å². The summed E-state index contributed by atoms with van der Waals surface area (Å²) in [5.41, 5.74) is 0. The number of carbonyl (C=O) groups is 3. The molecule has 0 unspecified atom stereocenters. The Balaban J connectivity index is 4.29. The zero-order valence-corrected chi connectivity index (χ0v) is 41.3. The van der Waals surface area contributed by atoms with E-state index in [1.807, 2.05) is 4.90 Å². The maximum Gasteiger partial charge on any atom is 0.222 e. The highest BCUT2D eigenvalue weighted by Crippen LogP contribution is 2.16. The highest BCUT2D eigenvalue weighted by molar-refractivity contribution is 7.99. The number of unbranched alkanes of at least 4 members (excludes halogenated alkanes) is 24. The second kappa shape index (κ2) is 49.1. The van der Waals surface area contributed by atoms with Crippen molar-refractivity contribution in [3.8, 4) is 0 Å². The predicted molar refractivity (Wildman–Crippen MR) is 264 cm³/mol. The summed E-state index contributed by atoms with van der Waals surface area (Å²) in [6.45, 7) is 8.75. The molecule has 0 saturated carbocycles. The zero-order chi connectivity index (χ0) is 42.3. The summed E-state index contributed by atoms with van der Waals surface area (Å²) in [6.07, 6.45) is 39.2. The Morgan fingerprint density at radius 1 is 0.345 bits per heavy atom. The molecule has 0 atom stereocenters. The molecule has 0 saturated heterocycles. The molecule has 0 spiro atoms. The molecule has 344 valence electrons. The van der Waals surface area contributed by atoms with Gasteiger partial charge in [-0.25, -0.2) is 0 Å². The van der Waals surface area contributed by atoms with Crippen LogP contribution >= 0.6 is 35.3 Å². The first kappa shape index (κ1) is 57.5. The average Bonchev–Trinajstić information content (AvgIpc) is 3.22. The predicted octanol–water partition coefficient (Wildman–Crippen LogP) is 14.2. The Kier molecular flexibility index (Phi) is 48.7. The molecule has 2 N–H and O–H groups in total. The SMILES string of the molecule is CCCCSCCCCCCCCCCC(=O)NCCN(CCNC(=O)CCCCCCCCCCSCCCC)C(=O)CCCCCCCCCCSCCCC. The van der Waals surface area contributed by atoms with E-state index in [0.29, 0.717) is 45.4 Å². The zero-order valence-electron chi connectivity index (χ0n) is 38.8. The lowest BCUT2D eigenvalue weighted by Crippen LogP contribution is -2.42. The van der Waals surface area contributed by atoms with Crippen LogP contribution in [0.15, 0.2) is 0 Å². The summed E-state index contributed by atoms with van der Waals surface area (Å²) in [4.78, 5) is 40.4. The molecular formula is C49H97N3O3S3. The van der Waals surface area contributed by atoms with Gasteiger partial charge in [0.1, 0.15) is 0 Å². The van der Waals surface area contributed by atoms with Gasteiger partial charge >= 0.3 is 0 Å². The van der Waals surface area contributed by atoms with Crippen LogP contribution in [-0.4, -0.2) is 83.3 Å². The third-order valence-electron chi connectivity index (χ3n) is 11.0. The van der Waals surface area contributed by atoms with Gasteiger partial charge < -0.3 is 15.5 Å². The monoisotopic (exact) mass is 872 g/mol. The number of nitrogens with one attached hydrogen (secondary N) is 2. The van der Waals surface area contributed by atoms with Gasteiger partial charge in [-0.15, -0.1) is 0 Å². The Hall–Kier alpha value is -0.540. The average molecular weight is 873 g/mol. The van der Waals surface area contributed by atoms with Crippen LogP contribution in [0.5, 0.6) is 0 Å². The van der Waals surface area contributed by atoms with Crippen LogP contribution in [0, 0.1) is 0 Å². The van der Waals surface area contributed by atoms with Crippen LogP contribution < -0.4 is 10.6 Å². The van der Waals surface area contributed by atoms with Crippen molar-refractivity contribution < 1.29 is 14.4 Å². The number of rotatable bonds is 48. The molecule has 58 heavy (non-hydrogen) atoms. The summed E-state index contributed by atoms with van der Waals surface area (Å²) in [5.74, 6) is 8.22. The van der Waals surface area contributed by atoms with Gasteiger partial charge in [0.25, 0.3) is 0 Å². The van der Waals surface area contributed by atoms with Crippen molar-refractivity contribution in [3.05, 3.63) is 0 Å². The van der Waals surface area contributed by atoms with Crippen molar-refractivity contribution in [1.82, 2.24) is 15.5 Å². The lowest BCUT2D eigenvalue weighted by Gasteiger charge is -2.23. The van der Waals surface area contributed by atoms with Gasteiger partial charge in [-0.05, 0) is 92.3 Å². The first-order valence-electron chi connectivity index (χ1n) is 25.1. The maximum absolute atomic E-state index is 13.3. The van der Waals surface area contributed by atoms with E-state index in [4.69, 9.17) is 0 Å². The summed E-state index contributed by atoms with van der Waals surface area (Å²) >= 11 is 6.33. The van der Waals surface area contributed by atoms with E-state index in [1.54, 1.807) is 0 Å². The molecule has 0 aromatic carbocycles. The van der Waals surface area contributed by atoms with Crippen LogP contribution in [0.2, 0.25) is 0 Å². The molecule has 3 amide bonds. The van der Waals surface area contributed by atoms with Gasteiger partial charge in [0, 0.05) is 45.4 Å². The molecule has 0 radical (unpaired) electrons. The van der Waals surface area contributed by atoms with Gasteiger partial charge in [0.2, 0.25) is 17.7 Å². The van der Waals surface area contributed by atoms with Gasteiger partial charge in [-0.3, -0.25) is 14.4 Å². The maximum atomic E-state index is 13.3. The number of nitrogens with zero attached hydrogens (tertiary/aromatic N) is 1. The van der Waals surface area contributed by atoms with E-state index in [9.17, 15) is 14.4 Å². The smallest absolute Gasteiger partial charge is 0.222 e. The lowest BCUT2D eigenvalue weighted by atomic mass is 10.1. The van der Waals surface area contributed by atoms with Crippen LogP contribution in [0.4, 0.5) is 0 Å². The molecule has 0 aliphatic rings.